The number of likely N-dealkylation sites (tertiary alicyclic amines) is 1. The van der Waals surface area contributed by atoms with Gasteiger partial charge in [-0.25, -0.2) is 17.9 Å². The third-order valence-corrected chi connectivity index (χ3v) is 6.85. The Bertz CT molecular complexity index is 1200. The number of H-pyrrole nitrogens is 1. The van der Waals surface area contributed by atoms with Gasteiger partial charge in [0.25, 0.3) is 5.91 Å². The standard InChI is InChI=1S/C20H22N4O4S/c1-21-29(27,28)16-8-6-14(7-9-16)19(25)23-12-10-15(11-13-23)24-18-5-3-2-4-17(18)22-20(24)26/h2-9,15,21H,10-13H2,1H3,(H,22,26). The number of hydrogen-bond donors (Lipinski definition) is 2. The molecule has 1 saturated heterocycles. The fourth-order valence-corrected chi connectivity index (χ4v) is 4.57. The predicted molar refractivity (Wildman–Crippen MR) is 109 cm³/mol. The van der Waals surface area contributed by atoms with Crippen molar-refractivity contribution in [2.45, 2.75) is 23.8 Å². The monoisotopic (exact) mass is 414 g/mol. The minimum atomic E-state index is -3.53. The number of imidazole rings is 1. The molecule has 0 unspecified atom stereocenters. The maximum absolute atomic E-state index is 12.8. The Hall–Kier alpha value is -2.91. The Morgan fingerprint density at radius 3 is 2.38 bits per heavy atom. The third-order valence-electron chi connectivity index (χ3n) is 5.42. The Balaban J connectivity index is 1.47. The van der Waals surface area contributed by atoms with Gasteiger partial charge in [0.05, 0.1) is 15.9 Å². The van der Waals surface area contributed by atoms with E-state index in [4.69, 9.17) is 0 Å². The Kier molecular flexibility index (Phi) is 5.01. The lowest BCUT2D eigenvalue weighted by atomic mass is 10.0. The van der Waals surface area contributed by atoms with E-state index >= 15 is 0 Å². The van der Waals surface area contributed by atoms with Crippen LogP contribution in [-0.4, -0.2) is 48.9 Å². The summed E-state index contributed by atoms with van der Waals surface area (Å²) >= 11 is 0. The zero-order valence-corrected chi connectivity index (χ0v) is 16.8. The molecule has 0 bridgehead atoms. The van der Waals surface area contributed by atoms with E-state index in [1.54, 1.807) is 9.47 Å². The molecule has 2 N–H and O–H groups in total. The summed E-state index contributed by atoms with van der Waals surface area (Å²) in [6.45, 7) is 1.07. The number of fused-ring (bicyclic) bond motifs is 1. The SMILES string of the molecule is CNS(=O)(=O)c1ccc(C(=O)N2CCC(n3c(=O)[nH]c4ccccc43)CC2)cc1. The first-order chi connectivity index (χ1) is 13.9. The number of carbonyl (C=O) groups excluding carboxylic acids is 1. The van der Waals surface area contributed by atoms with Crippen molar-refractivity contribution < 1.29 is 13.2 Å². The van der Waals surface area contributed by atoms with Gasteiger partial charge in [0, 0.05) is 24.7 Å². The van der Waals surface area contributed by atoms with Gasteiger partial charge in [-0.15, -0.1) is 0 Å². The fraction of sp³-hybridized carbons (Fsp3) is 0.300. The summed E-state index contributed by atoms with van der Waals surface area (Å²) in [6.07, 6.45) is 1.36. The second-order valence-corrected chi connectivity index (χ2v) is 8.96. The minimum Gasteiger partial charge on any atom is -0.338 e. The smallest absolute Gasteiger partial charge is 0.326 e. The molecule has 29 heavy (non-hydrogen) atoms. The van der Waals surface area contributed by atoms with Crippen molar-refractivity contribution in [3.63, 3.8) is 0 Å². The highest BCUT2D eigenvalue weighted by Gasteiger charge is 2.26. The molecule has 0 saturated carbocycles. The van der Waals surface area contributed by atoms with E-state index in [0.29, 0.717) is 31.5 Å². The molecule has 2 aromatic carbocycles. The van der Waals surface area contributed by atoms with E-state index in [9.17, 15) is 18.0 Å². The number of carbonyl (C=O) groups is 1. The highest BCUT2D eigenvalue weighted by Crippen LogP contribution is 2.25. The molecule has 0 atom stereocenters. The number of aromatic amines is 1. The summed E-state index contributed by atoms with van der Waals surface area (Å²) in [5.41, 5.74) is 2.01. The highest BCUT2D eigenvalue weighted by atomic mass is 32.2. The van der Waals surface area contributed by atoms with Crippen LogP contribution < -0.4 is 10.4 Å². The number of benzene rings is 2. The Labute approximate surface area is 168 Å². The minimum absolute atomic E-state index is 0.0332. The lowest BCUT2D eigenvalue weighted by Crippen LogP contribution is -2.40. The van der Waals surface area contributed by atoms with E-state index in [-0.39, 0.29) is 22.5 Å². The Morgan fingerprint density at radius 2 is 1.72 bits per heavy atom. The molecule has 9 heteroatoms. The first-order valence-corrected chi connectivity index (χ1v) is 10.9. The molecule has 1 aromatic heterocycles. The topological polar surface area (TPSA) is 104 Å². The second-order valence-electron chi connectivity index (χ2n) is 7.07. The average Bonchev–Trinajstić information content (AvgIpc) is 3.09. The average molecular weight is 414 g/mol. The molecule has 1 fully saturated rings. The summed E-state index contributed by atoms with van der Waals surface area (Å²) in [5.74, 6) is -0.136. The van der Waals surface area contributed by atoms with Crippen LogP contribution in [0.1, 0.15) is 29.2 Å². The van der Waals surface area contributed by atoms with Gasteiger partial charge in [-0.05, 0) is 56.3 Å². The number of amides is 1. The van der Waals surface area contributed by atoms with Crippen LogP contribution in [0.15, 0.2) is 58.2 Å². The maximum Gasteiger partial charge on any atom is 0.326 e. The summed E-state index contributed by atoms with van der Waals surface area (Å²) < 4.78 is 27.7. The molecular weight excluding hydrogens is 392 g/mol. The van der Waals surface area contributed by atoms with Crippen molar-refractivity contribution in [1.82, 2.24) is 19.2 Å². The van der Waals surface area contributed by atoms with Crippen molar-refractivity contribution in [1.29, 1.82) is 0 Å². The lowest BCUT2D eigenvalue weighted by molar-refractivity contribution is 0.0695. The van der Waals surface area contributed by atoms with E-state index in [1.165, 1.54) is 31.3 Å². The van der Waals surface area contributed by atoms with Crippen LogP contribution >= 0.6 is 0 Å². The van der Waals surface area contributed by atoms with E-state index in [2.05, 4.69) is 9.71 Å². The van der Waals surface area contributed by atoms with Crippen LogP contribution in [0.3, 0.4) is 0 Å². The van der Waals surface area contributed by atoms with Gasteiger partial charge >= 0.3 is 5.69 Å². The van der Waals surface area contributed by atoms with E-state index in [0.717, 1.165) is 11.0 Å². The van der Waals surface area contributed by atoms with Gasteiger partial charge in [-0.1, -0.05) is 12.1 Å². The molecule has 4 rings (SSSR count). The summed E-state index contributed by atoms with van der Waals surface area (Å²) in [5, 5.41) is 0. The molecule has 0 spiro atoms. The van der Waals surface area contributed by atoms with Crippen LogP contribution in [0.4, 0.5) is 0 Å². The number of piperidine rings is 1. The highest BCUT2D eigenvalue weighted by molar-refractivity contribution is 7.89. The van der Waals surface area contributed by atoms with Crippen molar-refractivity contribution in [2.24, 2.45) is 0 Å². The molecule has 8 nitrogen and oxygen atoms in total. The molecule has 0 aliphatic carbocycles. The van der Waals surface area contributed by atoms with Gasteiger partial charge in [-0.2, -0.15) is 0 Å². The van der Waals surface area contributed by atoms with Crippen LogP contribution in [0.25, 0.3) is 11.0 Å². The first-order valence-electron chi connectivity index (χ1n) is 9.43. The van der Waals surface area contributed by atoms with Crippen LogP contribution in [-0.2, 0) is 10.0 Å². The number of sulfonamides is 1. The number of nitrogens with one attached hydrogen (secondary N) is 2. The number of nitrogens with zero attached hydrogens (tertiary/aromatic N) is 2. The van der Waals surface area contributed by atoms with Gasteiger partial charge in [0.15, 0.2) is 0 Å². The number of para-hydroxylation sites is 2. The largest absolute Gasteiger partial charge is 0.338 e. The maximum atomic E-state index is 12.8. The van der Waals surface area contributed by atoms with Crippen molar-refractivity contribution in [3.8, 4) is 0 Å². The summed E-state index contributed by atoms with van der Waals surface area (Å²) in [6, 6.07) is 13.5. The number of aromatic nitrogens is 2. The zero-order valence-electron chi connectivity index (χ0n) is 16.0. The lowest BCUT2D eigenvalue weighted by Gasteiger charge is -2.32. The quantitative estimate of drug-likeness (QED) is 0.678. The molecule has 2 heterocycles. The van der Waals surface area contributed by atoms with Crippen LogP contribution in [0.2, 0.25) is 0 Å². The molecule has 1 aliphatic heterocycles. The van der Waals surface area contributed by atoms with Crippen molar-refractivity contribution in [2.75, 3.05) is 20.1 Å². The third kappa shape index (κ3) is 3.58. The molecule has 0 radical (unpaired) electrons. The van der Waals surface area contributed by atoms with Crippen molar-refractivity contribution in [3.05, 3.63) is 64.6 Å². The number of hydrogen-bond acceptors (Lipinski definition) is 4. The van der Waals surface area contributed by atoms with Gasteiger partial charge < -0.3 is 9.88 Å². The van der Waals surface area contributed by atoms with Gasteiger partial charge in [0.2, 0.25) is 10.0 Å². The fourth-order valence-electron chi connectivity index (χ4n) is 3.84. The van der Waals surface area contributed by atoms with Gasteiger partial charge in [0.1, 0.15) is 0 Å². The normalized spacial score (nSPS) is 15.7. The second kappa shape index (κ2) is 7.49. The molecule has 152 valence electrons. The van der Waals surface area contributed by atoms with E-state index in [1.807, 2.05) is 24.3 Å². The molecule has 3 aromatic rings. The van der Waals surface area contributed by atoms with Crippen LogP contribution in [0.5, 0.6) is 0 Å². The van der Waals surface area contributed by atoms with Crippen molar-refractivity contribution >= 4 is 27.0 Å². The molecular formula is C20H22N4O4S. The summed E-state index contributed by atoms with van der Waals surface area (Å²) in [4.78, 5) is 29.9. The van der Waals surface area contributed by atoms with E-state index < -0.39 is 10.0 Å². The summed E-state index contributed by atoms with van der Waals surface area (Å²) in [7, 11) is -2.19. The predicted octanol–water partition coefficient (Wildman–Crippen LogP) is 1.71. The van der Waals surface area contributed by atoms with Gasteiger partial charge in [-0.3, -0.25) is 9.36 Å². The number of rotatable bonds is 4. The molecule has 1 aliphatic rings. The molecule has 1 amide bonds. The first kappa shape index (κ1) is 19.4. The zero-order chi connectivity index (χ0) is 20.6. The van der Waals surface area contributed by atoms with Crippen LogP contribution in [0, 0.1) is 0 Å². The Morgan fingerprint density at radius 1 is 1.07 bits per heavy atom.